The molecule has 36 heavy (non-hydrogen) atoms. The van der Waals surface area contributed by atoms with Crippen molar-refractivity contribution in [3.63, 3.8) is 0 Å². The predicted octanol–water partition coefficient (Wildman–Crippen LogP) is 7.84. The van der Waals surface area contributed by atoms with Gasteiger partial charge >= 0.3 is 0 Å². The molecule has 0 heterocycles. The molecule has 0 atom stereocenters. The molecule has 0 aliphatic carbocycles. The number of nitrogens with zero attached hydrogens (tertiary/aromatic N) is 1. The molecule has 4 aromatic carbocycles. The summed E-state index contributed by atoms with van der Waals surface area (Å²) in [7, 11) is 1.69. The third kappa shape index (κ3) is 6.66. The largest absolute Gasteiger partial charge is 0.508 e. The molecule has 0 saturated carbocycles. The van der Waals surface area contributed by atoms with Crippen LogP contribution in [0.25, 0.3) is 21.9 Å². The van der Waals surface area contributed by atoms with Gasteiger partial charge in [0.2, 0.25) is 0 Å². The van der Waals surface area contributed by atoms with Gasteiger partial charge < -0.3 is 14.6 Å². The van der Waals surface area contributed by atoms with Gasteiger partial charge in [-0.2, -0.15) is 0 Å². The summed E-state index contributed by atoms with van der Waals surface area (Å²) in [5.41, 5.74) is 4.51. The Morgan fingerprint density at radius 2 is 1.69 bits per heavy atom. The molecule has 0 radical (unpaired) electrons. The molecule has 0 unspecified atom stereocenters. The summed E-state index contributed by atoms with van der Waals surface area (Å²) in [6.07, 6.45) is 7.54. The molecule has 0 bridgehead atoms. The van der Waals surface area contributed by atoms with Gasteiger partial charge in [-0.1, -0.05) is 68.7 Å². The number of phenols is 1. The van der Waals surface area contributed by atoms with Crippen molar-refractivity contribution in [3.05, 3.63) is 90.0 Å². The summed E-state index contributed by atoms with van der Waals surface area (Å²) < 4.78 is 11.3. The van der Waals surface area contributed by atoms with Crippen LogP contribution in [0, 0.1) is 0 Å². The second-order valence-corrected chi connectivity index (χ2v) is 9.01. The van der Waals surface area contributed by atoms with Gasteiger partial charge in [-0.15, -0.1) is 0 Å². The average Bonchev–Trinajstić information content (AvgIpc) is 2.91. The minimum absolute atomic E-state index is 0.263. The summed E-state index contributed by atoms with van der Waals surface area (Å²) in [6, 6.07) is 26.1. The lowest BCUT2D eigenvalue weighted by Crippen LogP contribution is -1.99. The Morgan fingerprint density at radius 1 is 0.861 bits per heavy atom. The molecule has 4 heteroatoms. The molecule has 0 saturated heterocycles. The van der Waals surface area contributed by atoms with E-state index in [1.165, 1.54) is 35.8 Å². The van der Waals surface area contributed by atoms with E-state index in [1.807, 2.05) is 42.6 Å². The average molecular weight is 482 g/mol. The lowest BCUT2D eigenvalue weighted by molar-refractivity contribution is 0.380. The van der Waals surface area contributed by atoms with Crippen LogP contribution in [0.1, 0.15) is 43.7 Å². The number of hydrogen-bond donors (Lipinski definition) is 1. The number of unbranched alkanes of at least 4 members (excludes halogenated alkanes) is 3. The Hall–Kier alpha value is -3.79. The number of hydrogen-bond acceptors (Lipinski definition) is 4. The fourth-order valence-electron chi connectivity index (χ4n) is 4.45. The Kier molecular flexibility index (Phi) is 8.98. The topological polar surface area (TPSA) is 51.0 Å². The van der Waals surface area contributed by atoms with Crippen molar-refractivity contribution in [1.29, 1.82) is 0 Å². The number of methoxy groups -OCH3 is 1. The minimum Gasteiger partial charge on any atom is -0.508 e. The maximum atomic E-state index is 10.1. The maximum Gasteiger partial charge on any atom is 0.123 e. The van der Waals surface area contributed by atoms with Crippen molar-refractivity contribution in [2.24, 2.45) is 4.99 Å². The van der Waals surface area contributed by atoms with E-state index in [-0.39, 0.29) is 5.75 Å². The predicted molar refractivity (Wildman–Crippen MR) is 150 cm³/mol. The van der Waals surface area contributed by atoms with E-state index in [9.17, 15) is 5.11 Å². The molecule has 1 N–H and O–H groups in total. The quantitative estimate of drug-likeness (QED) is 0.166. The summed E-state index contributed by atoms with van der Waals surface area (Å²) in [4.78, 5) is 4.44. The van der Waals surface area contributed by atoms with E-state index in [1.54, 1.807) is 13.2 Å². The first kappa shape index (κ1) is 25.3. The number of phenolic OH excluding ortho intramolecular Hbond substituents is 1. The van der Waals surface area contributed by atoms with Crippen LogP contribution in [0.15, 0.2) is 83.9 Å². The third-order valence-corrected chi connectivity index (χ3v) is 6.39. The zero-order valence-electron chi connectivity index (χ0n) is 21.2. The van der Waals surface area contributed by atoms with E-state index in [4.69, 9.17) is 9.47 Å². The molecule has 4 aromatic rings. The standard InChI is InChI=1S/C32H35NO3/c1-3-4-5-6-18-33-19-20-36-28-13-10-24(11-14-28)21-32-30(25-8-7-9-27(34)22-25)16-12-26-23-29(35-2)15-17-31(26)32/h7-17,19,22-23,34H,3-6,18,20-21H2,1-2H3. The van der Waals surface area contributed by atoms with E-state index < -0.39 is 0 Å². The fourth-order valence-corrected chi connectivity index (χ4v) is 4.45. The van der Waals surface area contributed by atoms with Gasteiger partial charge in [0.1, 0.15) is 23.9 Å². The van der Waals surface area contributed by atoms with Crippen LogP contribution in [0.4, 0.5) is 0 Å². The highest BCUT2D eigenvalue weighted by molar-refractivity contribution is 5.93. The number of rotatable bonds is 12. The maximum absolute atomic E-state index is 10.1. The van der Waals surface area contributed by atoms with E-state index in [2.05, 4.69) is 48.3 Å². The van der Waals surface area contributed by atoms with Crippen LogP contribution in [-0.2, 0) is 6.42 Å². The lowest BCUT2D eigenvalue weighted by Gasteiger charge is -2.15. The van der Waals surface area contributed by atoms with Crippen LogP contribution < -0.4 is 9.47 Å². The van der Waals surface area contributed by atoms with Crippen LogP contribution in [0.3, 0.4) is 0 Å². The first-order valence-corrected chi connectivity index (χ1v) is 12.8. The Bertz CT molecular complexity index is 1290. The molecular formula is C32H35NO3. The second-order valence-electron chi connectivity index (χ2n) is 9.01. The molecule has 0 fully saturated rings. The number of aromatic hydroxyl groups is 1. The molecule has 0 aliphatic rings. The Morgan fingerprint density at radius 3 is 2.47 bits per heavy atom. The summed E-state index contributed by atoms with van der Waals surface area (Å²) in [5.74, 6) is 1.94. The van der Waals surface area contributed by atoms with Crippen molar-refractivity contribution in [3.8, 4) is 28.4 Å². The second kappa shape index (κ2) is 12.8. The van der Waals surface area contributed by atoms with Crippen LogP contribution in [-0.4, -0.2) is 31.6 Å². The summed E-state index contributed by atoms with van der Waals surface area (Å²) >= 11 is 0. The van der Waals surface area contributed by atoms with E-state index >= 15 is 0 Å². The van der Waals surface area contributed by atoms with Gasteiger partial charge in [0.25, 0.3) is 0 Å². The minimum atomic E-state index is 0.263. The molecule has 0 aliphatic heterocycles. The smallest absolute Gasteiger partial charge is 0.123 e. The van der Waals surface area contributed by atoms with Gasteiger partial charge in [0.05, 0.1) is 7.11 Å². The Balaban J connectivity index is 1.51. The Labute approximate surface area is 214 Å². The highest BCUT2D eigenvalue weighted by Crippen LogP contribution is 2.35. The zero-order chi connectivity index (χ0) is 25.2. The van der Waals surface area contributed by atoms with Gasteiger partial charge in [-0.25, -0.2) is 0 Å². The molecule has 0 amide bonds. The molecule has 0 aromatic heterocycles. The monoisotopic (exact) mass is 481 g/mol. The SMILES string of the molecule is CCCCCCN=CCOc1ccc(Cc2c(-c3cccc(O)c3)ccc3cc(OC)ccc23)cc1. The normalized spacial score (nSPS) is 11.3. The van der Waals surface area contributed by atoms with Gasteiger partial charge in [-0.05, 0) is 82.3 Å². The van der Waals surface area contributed by atoms with Crippen LogP contribution >= 0.6 is 0 Å². The molecule has 0 spiro atoms. The van der Waals surface area contributed by atoms with Crippen molar-refractivity contribution in [1.82, 2.24) is 0 Å². The van der Waals surface area contributed by atoms with Crippen molar-refractivity contribution >= 4 is 17.0 Å². The van der Waals surface area contributed by atoms with Crippen molar-refractivity contribution in [2.45, 2.75) is 39.0 Å². The van der Waals surface area contributed by atoms with Gasteiger partial charge in [-0.3, -0.25) is 4.99 Å². The number of ether oxygens (including phenoxy) is 2. The van der Waals surface area contributed by atoms with E-state index in [0.29, 0.717) is 6.61 Å². The highest BCUT2D eigenvalue weighted by Gasteiger charge is 2.12. The first-order chi connectivity index (χ1) is 17.7. The van der Waals surface area contributed by atoms with Crippen LogP contribution in [0.2, 0.25) is 0 Å². The molecular weight excluding hydrogens is 446 g/mol. The van der Waals surface area contributed by atoms with Crippen molar-refractivity contribution in [2.75, 3.05) is 20.3 Å². The molecule has 4 nitrogen and oxygen atoms in total. The molecule has 4 rings (SSSR count). The van der Waals surface area contributed by atoms with Gasteiger partial charge in [0, 0.05) is 12.8 Å². The van der Waals surface area contributed by atoms with Gasteiger partial charge in [0.15, 0.2) is 0 Å². The van der Waals surface area contributed by atoms with E-state index in [0.717, 1.165) is 47.4 Å². The first-order valence-electron chi connectivity index (χ1n) is 12.8. The highest BCUT2D eigenvalue weighted by atomic mass is 16.5. The van der Waals surface area contributed by atoms with Crippen molar-refractivity contribution < 1.29 is 14.6 Å². The third-order valence-electron chi connectivity index (χ3n) is 6.39. The van der Waals surface area contributed by atoms with Crippen LogP contribution in [0.5, 0.6) is 17.2 Å². The molecule has 186 valence electrons. The lowest BCUT2D eigenvalue weighted by atomic mass is 9.90. The number of benzene rings is 4. The number of fused-ring (bicyclic) bond motifs is 1. The fraction of sp³-hybridized carbons (Fsp3) is 0.281. The summed E-state index contributed by atoms with van der Waals surface area (Å²) in [5, 5.41) is 12.4. The number of aliphatic imine (C=N–C) groups is 1. The summed E-state index contributed by atoms with van der Waals surface area (Å²) in [6.45, 7) is 3.58. The zero-order valence-corrected chi connectivity index (χ0v) is 21.2.